The third kappa shape index (κ3) is 2.74. The monoisotopic (exact) mass is 313 g/mol. The number of carbonyl (C=O) groups is 1. The maximum Gasteiger partial charge on any atom is 0.312 e. The lowest BCUT2D eigenvalue weighted by Crippen LogP contribution is -2.21. The van der Waals surface area contributed by atoms with Crippen LogP contribution < -0.4 is 5.73 Å². The molecule has 0 bridgehead atoms. The standard InChI is InChI=1S/C13H16BrNO3/c14-12-5-8(11(6-15)13(16)17)1-2-10(12)9-3-4-18-7-9/h1-2,5,9,11H,3-4,6-7,15H2,(H,16,17). The topological polar surface area (TPSA) is 72.6 Å². The van der Waals surface area contributed by atoms with Crippen LogP contribution in [-0.4, -0.2) is 30.8 Å². The molecular weight excluding hydrogens is 298 g/mol. The molecule has 98 valence electrons. The van der Waals surface area contributed by atoms with Crippen molar-refractivity contribution < 1.29 is 14.6 Å². The van der Waals surface area contributed by atoms with Crippen molar-refractivity contribution in [2.24, 2.45) is 5.73 Å². The van der Waals surface area contributed by atoms with Crippen LogP contribution >= 0.6 is 15.9 Å². The van der Waals surface area contributed by atoms with Gasteiger partial charge in [0.1, 0.15) is 0 Å². The van der Waals surface area contributed by atoms with Crippen LogP contribution in [0.4, 0.5) is 0 Å². The van der Waals surface area contributed by atoms with E-state index < -0.39 is 11.9 Å². The van der Waals surface area contributed by atoms with Crippen molar-refractivity contribution >= 4 is 21.9 Å². The molecule has 1 aromatic rings. The molecule has 18 heavy (non-hydrogen) atoms. The van der Waals surface area contributed by atoms with Crippen molar-refractivity contribution in [1.82, 2.24) is 0 Å². The fraction of sp³-hybridized carbons (Fsp3) is 0.462. The quantitative estimate of drug-likeness (QED) is 0.892. The van der Waals surface area contributed by atoms with Gasteiger partial charge in [-0.1, -0.05) is 28.1 Å². The van der Waals surface area contributed by atoms with E-state index >= 15 is 0 Å². The molecule has 0 spiro atoms. The molecule has 0 amide bonds. The van der Waals surface area contributed by atoms with Gasteiger partial charge in [0.15, 0.2) is 0 Å². The zero-order valence-electron chi connectivity index (χ0n) is 9.93. The van der Waals surface area contributed by atoms with Crippen LogP contribution in [-0.2, 0) is 9.53 Å². The van der Waals surface area contributed by atoms with Crippen molar-refractivity contribution in [3.05, 3.63) is 33.8 Å². The molecule has 1 saturated heterocycles. The summed E-state index contributed by atoms with van der Waals surface area (Å²) >= 11 is 3.51. The summed E-state index contributed by atoms with van der Waals surface area (Å²) in [4.78, 5) is 11.1. The van der Waals surface area contributed by atoms with Crippen molar-refractivity contribution in [3.8, 4) is 0 Å². The van der Waals surface area contributed by atoms with Crippen LogP contribution in [0.2, 0.25) is 0 Å². The summed E-state index contributed by atoms with van der Waals surface area (Å²) in [5.41, 5.74) is 7.41. The number of halogens is 1. The summed E-state index contributed by atoms with van der Waals surface area (Å²) < 4.78 is 6.31. The van der Waals surface area contributed by atoms with Gasteiger partial charge in [-0.25, -0.2) is 0 Å². The molecule has 2 unspecified atom stereocenters. The Morgan fingerprint density at radius 2 is 2.39 bits per heavy atom. The number of rotatable bonds is 4. The van der Waals surface area contributed by atoms with Gasteiger partial charge in [-0.15, -0.1) is 0 Å². The lowest BCUT2D eigenvalue weighted by molar-refractivity contribution is -0.138. The number of ether oxygens (including phenoxy) is 1. The zero-order chi connectivity index (χ0) is 13.1. The van der Waals surface area contributed by atoms with E-state index in [0.29, 0.717) is 5.92 Å². The molecule has 1 aromatic carbocycles. The van der Waals surface area contributed by atoms with E-state index in [2.05, 4.69) is 15.9 Å². The summed E-state index contributed by atoms with van der Waals surface area (Å²) in [6, 6.07) is 5.69. The second kappa shape index (κ2) is 5.82. The molecule has 4 nitrogen and oxygen atoms in total. The third-order valence-electron chi connectivity index (χ3n) is 3.33. The first-order chi connectivity index (χ1) is 8.63. The Hall–Kier alpha value is -0.910. The number of carboxylic acids is 1. The molecule has 1 heterocycles. The average Bonchev–Trinajstić information content (AvgIpc) is 2.83. The lowest BCUT2D eigenvalue weighted by Gasteiger charge is -2.15. The van der Waals surface area contributed by atoms with Crippen LogP contribution in [0.5, 0.6) is 0 Å². The highest BCUT2D eigenvalue weighted by Crippen LogP contribution is 2.33. The largest absolute Gasteiger partial charge is 0.481 e. The highest BCUT2D eigenvalue weighted by atomic mass is 79.9. The van der Waals surface area contributed by atoms with E-state index in [4.69, 9.17) is 15.6 Å². The fourth-order valence-corrected chi connectivity index (χ4v) is 2.97. The molecule has 2 atom stereocenters. The zero-order valence-corrected chi connectivity index (χ0v) is 11.5. The maximum absolute atomic E-state index is 11.1. The van der Waals surface area contributed by atoms with Gasteiger partial charge in [0, 0.05) is 23.5 Å². The van der Waals surface area contributed by atoms with Gasteiger partial charge in [-0.3, -0.25) is 4.79 Å². The molecule has 5 heteroatoms. The highest BCUT2D eigenvalue weighted by Gasteiger charge is 2.23. The average molecular weight is 314 g/mol. The molecular formula is C13H16BrNO3. The molecule has 0 aliphatic carbocycles. The van der Waals surface area contributed by atoms with Crippen molar-refractivity contribution in [3.63, 3.8) is 0 Å². The van der Waals surface area contributed by atoms with Crippen LogP contribution in [0.15, 0.2) is 22.7 Å². The van der Waals surface area contributed by atoms with E-state index in [1.54, 1.807) is 0 Å². The molecule has 2 rings (SSSR count). The minimum Gasteiger partial charge on any atom is -0.481 e. The normalized spacial score (nSPS) is 20.9. The summed E-state index contributed by atoms with van der Waals surface area (Å²) in [6.45, 7) is 1.63. The van der Waals surface area contributed by atoms with Gasteiger partial charge in [-0.05, 0) is 23.6 Å². The van der Waals surface area contributed by atoms with E-state index in [1.165, 1.54) is 5.56 Å². The molecule has 1 aliphatic heterocycles. The van der Waals surface area contributed by atoms with Gasteiger partial charge >= 0.3 is 5.97 Å². The highest BCUT2D eigenvalue weighted by molar-refractivity contribution is 9.10. The van der Waals surface area contributed by atoms with E-state index in [1.807, 2.05) is 18.2 Å². The predicted molar refractivity (Wildman–Crippen MR) is 71.8 cm³/mol. The number of hydrogen-bond acceptors (Lipinski definition) is 3. The SMILES string of the molecule is NCC(C(=O)O)c1ccc(C2CCOC2)c(Br)c1. The van der Waals surface area contributed by atoms with Gasteiger partial charge in [0.25, 0.3) is 0 Å². The maximum atomic E-state index is 11.1. The minimum absolute atomic E-state index is 0.105. The third-order valence-corrected chi connectivity index (χ3v) is 4.02. The summed E-state index contributed by atoms with van der Waals surface area (Å²) in [5, 5.41) is 9.08. The Labute approximate surface area is 114 Å². The molecule has 0 radical (unpaired) electrons. The molecule has 3 N–H and O–H groups in total. The lowest BCUT2D eigenvalue weighted by atomic mass is 9.93. The number of nitrogens with two attached hydrogens (primary N) is 1. The van der Waals surface area contributed by atoms with E-state index in [-0.39, 0.29) is 6.54 Å². The fourth-order valence-electron chi connectivity index (χ4n) is 2.25. The Kier molecular flexibility index (Phi) is 4.37. The molecule has 0 aromatic heterocycles. The van der Waals surface area contributed by atoms with E-state index in [9.17, 15) is 4.79 Å². The second-order valence-corrected chi connectivity index (χ2v) is 5.32. The number of carboxylic acid groups (broad SMARTS) is 1. The summed E-state index contributed by atoms with van der Waals surface area (Å²) in [7, 11) is 0. The van der Waals surface area contributed by atoms with Crippen LogP contribution in [0, 0.1) is 0 Å². The van der Waals surface area contributed by atoms with Crippen LogP contribution in [0.25, 0.3) is 0 Å². The Balaban J connectivity index is 2.26. The molecule has 1 aliphatic rings. The number of hydrogen-bond donors (Lipinski definition) is 2. The van der Waals surface area contributed by atoms with Gasteiger partial charge in [-0.2, -0.15) is 0 Å². The smallest absolute Gasteiger partial charge is 0.312 e. The van der Waals surface area contributed by atoms with Crippen LogP contribution in [0.1, 0.15) is 29.4 Å². The van der Waals surface area contributed by atoms with Crippen molar-refractivity contribution in [2.75, 3.05) is 19.8 Å². The van der Waals surface area contributed by atoms with Gasteiger partial charge in [0.2, 0.25) is 0 Å². The first kappa shape index (κ1) is 13.5. The first-order valence-electron chi connectivity index (χ1n) is 5.93. The Bertz CT molecular complexity index is 444. The van der Waals surface area contributed by atoms with E-state index in [0.717, 1.165) is 29.7 Å². The van der Waals surface area contributed by atoms with Crippen molar-refractivity contribution in [1.29, 1.82) is 0 Å². The summed E-state index contributed by atoms with van der Waals surface area (Å²) in [5.74, 6) is -1.13. The molecule has 0 saturated carbocycles. The number of benzene rings is 1. The number of aliphatic carboxylic acids is 1. The predicted octanol–water partition coefficient (Wildman–Crippen LogP) is 2.08. The molecule has 1 fully saturated rings. The first-order valence-corrected chi connectivity index (χ1v) is 6.72. The van der Waals surface area contributed by atoms with Gasteiger partial charge in [0.05, 0.1) is 12.5 Å². The minimum atomic E-state index is -0.888. The van der Waals surface area contributed by atoms with Gasteiger partial charge < -0.3 is 15.6 Å². The summed E-state index contributed by atoms with van der Waals surface area (Å²) in [6.07, 6.45) is 1.01. The van der Waals surface area contributed by atoms with Crippen molar-refractivity contribution in [2.45, 2.75) is 18.3 Å². The Morgan fingerprint density at radius 1 is 1.61 bits per heavy atom. The second-order valence-electron chi connectivity index (χ2n) is 4.47. The Morgan fingerprint density at radius 3 is 2.89 bits per heavy atom. The van der Waals surface area contributed by atoms with Crippen LogP contribution in [0.3, 0.4) is 0 Å².